The molecule has 0 aromatic heterocycles. The van der Waals surface area contributed by atoms with Crippen LogP contribution >= 0.6 is 0 Å². The van der Waals surface area contributed by atoms with Crippen molar-refractivity contribution >= 4 is 29.4 Å². The Morgan fingerprint density at radius 3 is 2.27 bits per heavy atom. The number of ether oxygens (including phenoxy) is 1. The Hall–Kier alpha value is -4.73. The second kappa shape index (κ2) is 16.4. The number of aliphatic carboxylic acids is 1. The average Bonchev–Trinajstić information content (AvgIpc) is 3.34. The number of nitrogens with zero attached hydrogens (tertiary/aromatic N) is 1. The van der Waals surface area contributed by atoms with Gasteiger partial charge in [0.2, 0.25) is 11.8 Å². The van der Waals surface area contributed by atoms with Gasteiger partial charge in [-0.05, 0) is 78.7 Å². The van der Waals surface area contributed by atoms with E-state index >= 15 is 0 Å². The Balaban J connectivity index is 1.41. The van der Waals surface area contributed by atoms with Gasteiger partial charge in [-0.2, -0.15) is 0 Å². The summed E-state index contributed by atoms with van der Waals surface area (Å²) in [6.07, 6.45) is 3.33. The van der Waals surface area contributed by atoms with Gasteiger partial charge < -0.3 is 25.2 Å². The SMILES string of the molecule is O=C(O)CCCCCN1C(=O)[C@@H]2[C@@H](CC(COc3ccccc3)=C([C@H](O)CC/C(=C/c3ccccc3O)c3ccccc3)[C@@H]2CO)C1=O. The van der Waals surface area contributed by atoms with E-state index in [9.17, 15) is 29.7 Å². The zero-order valence-electron chi connectivity index (χ0n) is 26.9. The number of aliphatic hydroxyl groups is 2. The van der Waals surface area contributed by atoms with Gasteiger partial charge in [-0.3, -0.25) is 19.3 Å². The number of rotatable bonds is 16. The predicted molar refractivity (Wildman–Crippen MR) is 182 cm³/mol. The number of carboxylic acid groups (broad SMARTS) is 1. The largest absolute Gasteiger partial charge is 0.507 e. The topological polar surface area (TPSA) is 145 Å². The minimum absolute atomic E-state index is 0.0311. The number of allylic oxidation sites excluding steroid dienone is 1. The molecule has 0 saturated carbocycles. The first-order valence-corrected chi connectivity index (χ1v) is 16.6. The number of phenolic OH excluding ortho intramolecular Hbond substituents is 1. The maximum atomic E-state index is 13.8. The quantitative estimate of drug-likeness (QED) is 0.0667. The third-order valence-corrected chi connectivity index (χ3v) is 9.36. The number of para-hydroxylation sites is 2. The van der Waals surface area contributed by atoms with Crippen molar-refractivity contribution in [2.45, 2.75) is 51.0 Å². The summed E-state index contributed by atoms with van der Waals surface area (Å²) < 4.78 is 6.11. The van der Waals surface area contributed by atoms with Crippen LogP contribution in [-0.4, -0.2) is 69.0 Å². The van der Waals surface area contributed by atoms with Crippen molar-refractivity contribution in [3.8, 4) is 11.5 Å². The zero-order chi connectivity index (χ0) is 34.0. The summed E-state index contributed by atoms with van der Waals surface area (Å²) in [5.74, 6) is -3.05. The molecule has 1 fully saturated rings. The molecular formula is C39H43NO8. The van der Waals surface area contributed by atoms with Gasteiger partial charge in [-0.1, -0.05) is 73.2 Å². The average molecular weight is 654 g/mol. The molecule has 2 aliphatic rings. The zero-order valence-corrected chi connectivity index (χ0v) is 26.9. The lowest BCUT2D eigenvalue weighted by Crippen LogP contribution is -2.40. The molecule has 3 aromatic rings. The summed E-state index contributed by atoms with van der Waals surface area (Å²) in [6, 6.07) is 26.0. The van der Waals surface area contributed by atoms with Crippen LogP contribution in [0.3, 0.4) is 0 Å². The van der Waals surface area contributed by atoms with E-state index in [-0.39, 0.29) is 50.0 Å². The number of aromatic hydroxyl groups is 1. The van der Waals surface area contributed by atoms with Crippen LogP contribution in [0, 0.1) is 17.8 Å². The second-order valence-corrected chi connectivity index (χ2v) is 12.5. The van der Waals surface area contributed by atoms with Gasteiger partial charge >= 0.3 is 5.97 Å². The highest BCUT2D eigenvalue weighted by molar-refractivity contribution is 6.06. The van der Waals surface area contributed by atoms with Gasteiger partial charge in [0, 0.05) is 24.4 Å². The number of amides is 2. The van der Waals surface area contributed by atoms with E-state index in [1.165, 1.54) is 4.90 Å². The number of hydrogen-bond acceptors (Lipinski definition) is 7. The highest BCUT2D eigenvalue weighted by Crippen LogP contribution is 2.46. The van der Waals surface area contributed by atoms with E-state index in [0.29, 0.717) is 48.1 Å². The van der Waals surface area contributed by atoms with Crippen molar-refractivity contribution in [1.29, 1.82) is 0 Å². The van der Waals surface area contributed by atoms with Crippen LogP contribution in [0.2, 0.25) is 0 Å². The molecule has 48 heavy (non-hydrogen) atoms. The molecule has 2 amide bonds. The van der Waals surface area contributed by atoms with Gasteiger partial charge in [0.1, 0.15) is 18.1 Å². The van der Waals surface area contributed by atoms with Crippen LogP contribution in [0.15, 0.2) is 96.1 Å². The van der Waals surface area contributed by atoms with Crippen molar-refractivity contribution in [3.05, 3.63) is 107 Å². The van der Waals surface area contributed by atoms with Crippen molar-refractivity contribution in [2.24, 2.45) is 17.8 Å². The molecule has 0 bridgehead atoms. The summed E-state index contributed by atoms with van der Waals surface area (Å²) in [5.41, 5.74) is 3.71. The fourth-order valence-corrected chi connectivity index (χ4v) is 6.98. The van der Waals surface area contributed by atoms with Crippen LogP contribution in [0.25, 0.3) is 11.6 Å². The van der Waals surface area contributed by atoms with E-state index in [4.69, 9.17) is 9.84 Å². The van der Waals surface area contributed by atoms with Gasteiger partial charge in [0.25, 0.3) is 0 Å². The van der Waals surface area contributed by atoms with Crippen LogP contribution in [0.5, 0.6) is 11.5 Å². The lowest BCUT2D eigenvalue weighted by molar-refractivity contribution is -0.141. The van der Waals surface area contributed by atoms with Crippen LogP contribution in [0.1, 0.15) is 56.1 Å². The number of aliphatic hydroxyl groups excluding tert-OH is 2. The highest BCUT2D eigenvalue weighted by Gasteiger charge is 2.54. The molecule has 0 spiro atoms. The molecule has 3 aromatic carbocycles. The lowest BCUT2D eigenvalue weighted by Gasteiger charge is -2.36. The summed E-state index contributed by atoms with van der Waals surface area (Å²) in [5, 5.41) is 42.0. The predicted octanol–water partition coefficient (Wildman–Crippen LogP) is 5.71. The maximum absolute atomic E-state index is 13.8. The van der Waals surface area contributed by atoms with Gasteiger partial charge in [-0.25, -0.2) is 0 Å². The molecule has 4 atom stereocenters. The van der Waals surface area contributed by atoms with E-state index < -0.39 is 36.4 Å². The number of carboxylic acids is 1. The molecule has 1 aliphatic carbocycles. The number of carbonyl (C=O) groups is 3. The van der Waals surface area contributed by atoms with Crippen molar-refractivity contribution in [3.63, 3.8) is 0 Å². The van der Waals surface area contributed by atoms with Gasteiger partial charge in [-0.15, -0.1) is 0 Å². The Bertz CT molecular complexity index is 1630. The molecule has 5 rings (SSSR count). The second-order valence-electron chi connectivity index (χ2n) is 12.5. The summed E-state index contributed by atoms with van der Waals surface area (Å²) in [4.78, 5) is 39.5. The summed E-state index contributed by atoms with van der Waals surface area (Å²) >= 11 is 0. The van der Waals surface area contributed by atoms with E-state index in [1.54, 1.807) is 12.1 Å². The van der Waals surface area contributed by atoms with Crippen molar-refractivity contribution < 1.29 is 39.5 Å². The molecule has 1 aliphatic heterocycles. The number of hydrogen-bond donors (Lipinski definition) is 4. The molecule has 1 heterocycles. The van der Waals surface area contributed by atoms with Crippen molar-refractivity contribution in [2.75, 3.05) is 19.8 Å². The molecule has 0 unspecified atom stereocenters. The highest BCUT2D eigenvalue weighted by atomic mass is 16.5. The Morgan fingerprint density at radius 1 is 0.896 bits per heavy atom. The minimum Gasteiger partial charge on any atom is -0.507 e. The molecule has 252 valence electrons. The first-order chi connectivity index (χ1) is 23.3. The van der Waals surface area contributed by atoms with E-state index in [2.05, 4.69) is 0 Å². The number of fused-ring (bicyclic) bond motifs is 1. The molecule has 1 saturated heterocycles. The molecule has 9 nitrogen and oxygen atoms in total. The van der Waals surface area contributed by atoms with Crippen molar-refractivity contribution in [1.82, 2.24) is 4.90 Å². The first kappa shape index (κ1) is 34.6. The monoisotopic (exact) mass is 653 g/mol. The molecule has 9 heteroatoms. The number of likely N-dealkylation sites (tertiary alicyclic amines) is 1. The molecular weight excluding hydrogens is 610 g/mol. The number of phenols is 1. The summed E-state index contributed by atoms with van der Waals surface area (Å²) in [7, 11) is 0. The van der Waals surface area contributed by atoms with E-state index in [0.717, 1.165) is 11.1 Å². The third kappa shape index (κ3) is 8.21. The van der Waals surface area contributed by atoms with Crippen LogP contribution in [-0.2, 0) is 14.4 Å². The fourth-order valence-electron chi connectivity index (χ4n) is 6.98. The number of unbranched alkanes of at least 4 members (excludes halogenated alkanes) is 2. The minimum atomic E-state index is -1.04. The van der Waals surface area contributed by atoms with Crippen LogP contribution < -0.4 is 4.74 Å². The molecule has 4 N–H and O–H groups in total. The Morgan fingerprint density at radius 2 is 1.58 bits per heavy atom. The van der Waals surface area contributed by atoms with E-state index in [1.807, 2.05) is 78.9 Å². The lowest BCUT2D eigenvalue weighted by atomic mass is 9.68. The van der Waals surface area contributed by atoms with Gasteiger partial charge in [0.05, 0.1) is 24.5 Å². The van der Waals surface area contributed by atoms with Gasteiger partial charge in [0.15, 0.2) is 0 Å². The fraction of sp³-hybridized carbons (Fsp3) is 0.359. The number of carbonyl (C=O) groups excluding carboxylic acids is 2. The summed E-state index contributed by atoms with van der Waals surface area (Å²) in [6.45, 7) is -0.146. The smallest absolute Gasteiger partial charge is 0.303 e. The third-order valence-electron chi connectivity index (χ3n) is 9.36. The normalized spacial score (nSPS) is 20.2. The number of imide groups is 1. The Kier molecular flexibility index (Phi) is 11.8. The first-order valence-electron chi connectivity index (χ1n) is 16.6. The van der Waals surface area contributed by atoms with Crippen LogP contribution in [0.4, 0.5) is 0 Å². The molecule has 0 radical (unpaired) electrons. The standard InChI is InChI=1S/C39H43NO8/c41-24-32-36(34(43)20-19-27(26-12-4-1-5-13-26)22-28-14-9-10-17-33(28)42)29(25-48-30-15-6-2-7-16-30)23-31-37(32)39(47)40(38(31)46)21-11-3-8-18-35(44)45/h1-2,4-7,9-10,12-17,22,31-32,34,37,41-43H,3,8,11,18-21,23-25H2,(H,44,45)/b27-22-/t31-,32+,34-,37-/m1/s1. The maximum Gasteiger partial charge on any atom is 0.303 e. The number of benzene rings is 3. The Labute approximate surface area is 280 Å².